The summed E-state index contributed by atoms with van der Waals surface area (Å²) in [6, 6.07) is 13.8. The van der Waals surface area contributed by atoms with E-state index < -0.39 is 0 Å². The summed E-state index contributed by atoms with van der Waals surface area (Å²) in [6.45, 7) is 0.674. The zero-order chi connectivity index (χ0) is 17.6. The Bertz CT molecular complexity index is 692. The molecule has 25 heavy (non-hydrogen) atoms. The van der Waals surface area contributed by atoms with Crippen LogP contribution in [0.25, 0.3) is 0 Å². The largest absolute Gasteiger partial charge is 0.508 e. The Morgan fingerprint density at radius 2 is 1.68 bits per heavy atom. The van der Waals surface area contributed by atoms with Gasteiger partial charge in [0, 0.05) is 17.1 Å². The minimum absolute atomic E-state index is 0.0977. The van der Waals surface area contributed by atoms with Crippen LogP contribution in [0.4, 0.5) is 0 Å². The molecule has 0 radical (unpaired) electrons. The third kappa shape index (κ3) is 5.13. The number of hydrogen-bond acceptors (Lipinski definition) is 3. The van der Waals surface area contributed by atoms with E-state index in [-0.39, 0.29) is 17.8 Å². The van der Waals surface area contributed by atoms with Crippen molar-refractivity contribution in [3.63, 3.8) is 0 Å². The van der Waals surface area contributed by atoms with Crippen molar-refractivity contribution < 1.29 is 14.6 Å². The van der Waals surface area contributed by atoms with Crippen LogP contribution < -0.4 is 10.1 Å². The minimum atomic E-state index is -0.0977. The number of hydrogen-bond donors (Lipinski definition) is 2. The minimum Gasteiger partial charge on any atom is -0.508 e. The van der Waals surface area contributed by atoms with Crippen LogP contribution in [0.5, 0.6) is 11.5 Å². The molecule has 2 N–H and O–H groups in total. The summed E-state index contributed by atoms with van der Waals surface area (Å²) in [7, 11) is 0. The molecule has 2 aromatic rings. The van der Waals surface area contributed by atoms with Gasteiger partial charge in [-0.2, -0.15) is 0 Å². The summed E-state index contributed by atoms with van der Waals surface area (Å²) in [4.78, 5) is 12.1. The summed E-state index contributed by atoms with van der Waals surface area (Å²) in [5.74, 6) is 1.40. The molecule has 5 heteroatoms. The van der Waals surface area contributed by atoms with Crippen LogP contribution in [0.2, 0.25) is 5.02 Å². The van der Waals surface area contributed by atoms with E-state index in [0.717, 1.165) is 31.4 Å². The quantitative estimate of drug-likeness (QED) is 0.831. The third-order valence-electron chi connectivity index (χ3n) is 4.59. The van der Waals surface area contributed by atoms with Crippen molar-refractivity contribution in [1.29, 1.82) is 0 Å². The van der Waals surface area contributed by atoms with Crippen molar-refractivity contribution in [3.8, 4) is 11.5 Å². The van der Waals surface area contributed by atoms with E-state index in [9.17, 15) is 9.90 Å². The highest BCUT2D eigenvalue weighted by atomic mass is 35.5. The van der Waals surface area contributed by atoms with Crippen LogP contribution in [0.1, 0.15) is 36.0 Å². The molecule has 0 unspecified atom stereocenters. The Morgan fingerprint density at radius 1 is 1.04 bits per heavy atom. The SMILES string of the molecule is O=C(NCC1CCC(Oc2ccc(Cl)cc2)CC1)c1ccc(O)cc1. The first-order valence-electron chi connectivity index (χ1n) is 8.59. The molecule has 1 aliphatic rings. The van der Waals surface area contributed by atoms with Crippen LogP contribution in [-0.2, 0) is 0 Å². The van der Waals surface area contributed by atoms with Crippen LogP contribution in [-0.4, -0.2) is 23.7 Å². The monoisotopic (exact) mass is 359 g/mol. The number of halogens is 1. The molecular weight excluding hydrogens is 338 g/mol. The molecule has 0 saturated heterocycles. The van der Waals surface area contributed by atoms with Crippen molar-refractivity contribution in [2.24, 2.45) is 5.92 Å². The number of phenols is 1. The molecule has 0 aromatic heterocycles. The van der Waals surface area contributed by atoms with Gasteiger partial charge in [-0.15, -0.1) is 0 Å². The van der Waals surface area contributed by atoms with E-state index in [1.807, 2.05) is 24.3 Å². The predicted molar refractivity (Wildman–Crippen MR) is 98.3 cm³/mol. The molecule has 0 atom stereocenters. The fourth-order valence-corrected chi connectivity index (χ4v) is 3.24. The lowest BCUT2D eigenvalue weighted by molar-refractivity contribution is 0.0928. The van der Waals surface area contributed by atoms with Gasteiger partial charge in [-0.25, -0.2) is 0 Å². The highest BCUT2D eigenvalue weighted by molar-refractivity contribution is 6.30. The summed E-state index contributed by atoms with van der Waals surface area (Å²) < 4.78 is 6.00. The van der Waals surface area contributed by atoms with Crippen LogP contribution in [0.3, 0.4) is 0 Å². The first-order valence-corrected chi connectivity index (χ1v) is 8.97. The molecule has 132 valence electrons. The van der Waals surface area contributed by atoms with E-state index in [1.165, 1.54) is 12.1 Å². The van der Waals surface area contributed by atoms with Crippen LogP contribution in [0.15, 0.2) is 48.5 Å². The summed E-state index contributed by atoms with van der Waals surface area (Å²) in [5.41, 5.74) is 0.567. The zero-order valence-corrected chi connectivity index (χ0v) is 14.7. The molecule has 1 aliphatic carbocycles. The topological polar surface area (TPSA) is 58.6 Å². The van der Waals surface area contributed by atoms with Crippen LogP contribution in [0, 0.1) is 5.92 Å². The molecule has 1 amide bonds. The summed E-state index contributed by atoms with van der Waals surface area (Å²) in [5, 5.41) is 13.0. The van der Waals surface area contributed by atoms with E-state index in [1.54, 1.807) is 12.1 Å². The average Bonchev–Trinajstić information content (AvgIpc) is 2.63. The zero-order valence-electron chi connectivity index (χ0n) is 14.0. The number of ether oxygens (including phenoxy) is 1. The van der Waals surface area contributed by atoms with Gasteiger partial charge in [0.1, 0.15) is 11.5 Å². The van der Waals surface area contributed by atoms with E-state index in [4.69, 9.17) is 16.3 Å². The van der Waals surface area contributed by atoms with Gasteiger partial charge in [0.25, 0.3) is 5.91 Å². The maximum Gasteiger partial charge on any atom is 0.251 e. The molecule has 2 aromatic carbocycles. The lowest BCUT2D eigenvalue weighted by Gasteiger charge is -2.29. The van der Waals surface area contributed by atoms with Crippen molar-refractivity contribution in [1.82, 2.24) is 5.32 Å². The second-order valence-corrected chi connectivity index (χ2v) is 6.91. The van der Waals surface area contributed by atoms with Crippen molar-refractivity contribution in [2.45, 2.75) is 31.8 Å². The number of nitrogens with one attached hydrogen (secondary N) is 1. The van der Waals surface area contributed by atoms with Gasteiger partial charge in [-0.05, 0) is 80.1 Å². The second kappa shape index (κ2) is 8.26. The molecule has 1 fully saturated rings. The molecule has 1 saturated carbocycles. The maximum absolute atomic E-state index is 12.1. The lowest BCUT2D eigenvalue weighted by atomic mass is 9.87. The van der Waals surface area contributed by atoms with Gasteiger partial charge >= 0.3 is 0 Å². The van der Waals surface area contributed by atoms with Crippen molar-refractivity contribution in [3.05, 3.63) is 59.1 Å². The number of carbonyl (C=O) groups is 1. The molecule has 0 spiro atoms. The Morgan fingerprint density at radius 3 is 2.32 bits per heavy atom. The van der Waals surface area contributed by atoms with E-state index >= 15 is 0 Å². The first kappa shape index (κ1) is 17.6. The Labute approximate surface area is 152 Å². The first-order chi connectivity index (χ1) is 12.1. The second-order valence-electron chi connectivity index (χ2n) is 6.47. The molecule has 3 rings (SSSR count). The normalized spacial score (nSPS) is 20.0. The van der Waals surface area contributed by atoms with Gasteiger partial charge in [0.15, 0.2) is 0 Å². The number of rotatable bonds is 5. The Balaban J connectivity index is 1.41. The van der Waals surface area contributed by atoms with Gasteiger partial charge in [0.2, 0.25) is 0 Å². The number of amides is 1. The number of phenolic OH excluding ortho intramolecular Hbond substituents is 1. The Kier molecular flexibility index (Phi) is 5.82. The number of carbonyl (C=O) groups excluding carboxylic acids is 1. The molecule has 0 aliphatic heterocycles. The summed E-state index contributed by atoms with van der Waals surface area (Å²) >= 11 is 5.88. The molecule has 4 nitrogen and oxygen atoms in total. The highest BCUT2D eigenvalue weighted by Crippen LogP contribution is 2.28. The number of aromatic hydroxyl groups is 1. The van der Waals surface area contributed by atoms with E-state index in [0.29, 0.717) is 23.0 Å². The maximum atomic E-state index is 12.1. The van der Waals surface area contributed by atoms with Gasteiger partial charge in [-0.3, -0.25) is 4.79 Å². The molecule has 0 bridgehead atoms. The fraction of sp³-hybridized carbons (Fsp3) is 0.350. The molecule has 0 heterocycles. The van der Waals surface area contributed by atoms with Gasteiger partial charge in [-0.1, -0.05) is 11.6 Å². The van der Waals surface area contributed by atoms with Crippen molar-refractivity contribution >= 4 is 17.5 Å². The van der Waals surface area contributed by atoms with Crippen LogP contribution >= 0.6 is 11.6 Å². The number of benzene rings is 2. The fourth-order valence-electron chi connectivity index (χ4n) is 3.11. The summed E-state index contributed by atoms with van der Waals surface area (Å²) in [6.07, 6.45) is 4.28. The van der Waals surface area contributed by atoms with Crippen molar-refractivity contribution in [2.75, 3.05) is 6.54 Å². The van der Waals surface area contributed by atoms with E-state index in [2.05, 4.69) is 5.32 Å². The molecular formula is C20H22ClNO3. The smallest absolute Gasteiger partial charge is 0.251 e. The third-order valence-corrected chi connectivity index (χ3v) is 4.84. The Hall–Kier alpha value is -2.20. The average molecular weight is 360 g/mol. The highest BCUT2D eigenvalue weighted by Gasteiger charge is 2.23. The lowest BCUT2D eigenvalue weighted by Crippen LogP contribution is -2.33. The standard InChI is InChI=1S/C20H22ClNO3/c21-16-5-11-19(12-6-16)25-18-9-1-14(2-10-18)13-22-20(24)15-3-7-17(23)8-4-15/h3-8,11-12,14,18,23H,1-2,9-10,13H2,(H,22,24). The predicted octanol–water partition coefficient (Wildman–Crippen LogP) is 4.41. The van der Waals surface area contributed by atoms with Gasteiger partial charge in [0.05, 0.1) is 6.10 Å². The van der Waals surface area contributed by atoms with Gasteiger partial charge < -0.3 is 15.2 Å².